The highest BCUT2D eigenvalue weighted by Crippen LogP contribution is 2.59. The van der Waals surface area contributed by atoms with E-state index < -0.39 is 0 Å². The SMILES string of the molecule is C=Cc1cccc(C(=O)OC2(C)C3CC4CC(C3)CC2C4)c1. The molecule has 0 radical (unpaired) electrons. The summed E-state index contributed by atoms with van der Waals surface area (Å²) in [5.74, 6) is 2.74. The summed E-state index contributed by atoms with van der Waals surface area (Å²) in [4.78, 5) is 12.7. The van der Waals surface area contributed by atoms with Crippen molar-refractivity contribution in [1.82, 2.24) is 0 Å². The molecule has 0 saturated heterocycles. The number of benzene rings is 1. The lowest BCUT2D eigenvalue weighted by Gasteiger charge is -2.59. The molecule has 4 fully saturated rings. The molecule has 2 nitrogen and oxygen atoms in total. The second-order valence-corrected chi connectivity index (χ2v) is 7.71. The lowest BCUT2D eigenvalue weighted by molar-refractivity contribution is -0.165. The van der Waals surface area contributed by atoms with E-state index in [1.807, 2.05) is 24.3 Å². The Bertz CT molecular complexity index is 588. The minimum Gasteiger partial charge on any atom is -0.455 e. The quantitative estimate of drug-likeness (QED) is 0.756. The summed E-state index contributed by atoms with van der Waals surface area (Å²) >= 11 is 0. The number of hydrogen-bond donors (Lipinski definition) is 0. The number of ether oxygens (including phenoxy) is 1. The Hall–Kier alpha value is -1.57. The molecule has 0 N–H and O–H groups in total. The van der Waals surface area contributed by atoms with Crippen LogP contribution in [0.1, 0.15) is 54.9 Å². The van der Waals surface area contributed by atoms with Crippen LogP contribution in [0.2, 0.25) is 0 Å². The number of carbonyl (C=O) groups is 1. The lowest BCUT2D eigenvalue weighted by Crippen LogP contribution is -2.58. The van der Waals surface area contributed by atoms with Crippen LogP contribution in [-0.2, 0) is 4.74 Å². The number of esters is 1. The molecule has 4 aliphatic carbocycles. The molecule has 5 rings (SSSR count). The van der Waals surface area contributed by atoms with Gasteiger partial charge in [0.25, 0.3) is 0 Å². The highest BCUT2D eigenvalue weighted by atomic mass is 16.6. The summed E-state index contributed by atoms with van der Waals surface area (Å²) in [7, 11) is 0. The van der Waals surface area contributed by atoms with Gasteiger partial charge in [-0.1, -0.05) is 24.8 Å². The third kappa shape index (κ3) is 2.12. The van der Waals surface area contributed by atoms with Crippen LogP contribution in [-0.4, -0.2) is 11.6 Å². The van der Waals surface area contributed by atoms with E-state index in [0.29, 0.717) is 17.4 Å². The topological polar surface area (TPSA) is 26.3 Å². The smallest absolute Gasteiger partial charge is 0.338 e. The first kappa shape index (κ1) is 14.0. The Kier molecular flexibility index (Phi) is 3.18. The maximum atomic E-state index is 12.7. The standard InChI is InChI=1S/C20H24O2/c1-3-13-5-4-6-16(8-13)19(21)22-20(2)17-9-14-7-15(11-17)12-18(20)10-14/h3-6,8,14-15,17-18H,1,7,9-12H2,2H3. The van der Waals surface area contributed by atoms with Crippen molar-refractivity contribution in [3.63, 3.8) is 0 Å². The van der Waals surface area contributed by atoms with E-state index in [9.17, 15) is 4.79 Å². The van der Waals surface area contributed by atoms with Crippen LogP contribution in [0.4, 0.5) is 0 Å². The van der Waals surface area contributed by atoms with Gasteiger partial charge in [0, 0.05) is 0 Å². The molecule has 4 bridgehead atoms. The second-order valence-electron chi connectivity index (χ2n) is 7.71. The van der Waals surface area contributed by atoms with Crippen LogP contribution in [0.15, 0.2) is 30.8 Å². The fourth-order valence-corrected chi connectivity index (χ4v) is 5.34. The molecule has 2 heteroatoms. The first-order chi connectivity index (χ1) is 10.6. The van der Waals surface area contributed by atoms with E-state index in [0.717, 1.165) is 17.4 Å². The molecule has 0 unspecified atom stereocenters. The zero-order valence-corrected chi connectivity index (χ0v) is 13.3. The molecule has 0 spiro atoms. The lowest BCUT2D eigenvalue weighted by atomic mass is 9.50. The first-order valence-corrected chi connectivity index (χ1v) is 8.54. The zero-order chi connectivity index (χ0) is 15.3. The van der Waals surface area contributed by atoms with Crippen LogP contribution in [0, 0.1) is 23.7 Å². The third-order valence-electron chi connectivity index (χ3n) is 6.43. The van der Waals surface area contributed by atoms with Crippen molar-refractivity contribution in [3.05, 3.63) is 42.0 Å². The predicted octanol–water partition coefficient (Wildman–Crippen LogP) is 4.70. The molecule has 0 atom stereocenters. The fraction of sp³-hybridized carbons (Fsp3) is 0.550. The normalized spacial score (nSPS) is 38.8. The highest BCUT2D eigenvalue weighted by Gasteiger charge is 2.57. The van der Waals surface area contributed by atoms with E-state index in [1.54, 1.807) is 6.08 Å². The van der Waals surface area contributed by atoms with Crippen molar-refractivity contribution in [1.29, 1.82) is 0 Å². The summed E-state index contributed by atoms with van der Waals surface area (Å²) in [5.41, 5.74) is 1.35. The van der Waals surface area contributed by atoms with Gasteiger partial charge in [-0.3, -0.25) is 0 Å². The summed E-state index contributed by atoms with van der Waals surface area (Å²) in [6.07, 6.45) is 8.19. The number of rotatable bonds is 3. The molecule has 0 aliphatic heterocycles. The van der Waals surface area contributed by atoms with Gasteiger partial charge >= 0.3 is 5.97 Å². The average Bonchev–Trinajstić information content (AvgIpc) is 2.52. The Morgan fingerprint density at radius 2 is 1.82 bits per heavy atom. The van der Waals surface area contributed by atoms with Crippen LogP contribution >= 0.6 is 0 Å². The molecule has 116 valence electrons. The van der Waals surface area contributed by atoms with Gasteiger partial charge in [0.15, 0.2) is 0 Å². The van der Waals surface area contributed by atoms with Crippen molar-refractivity contribution in [3.8, 4) is 0 Å². The molecule has 0 heterocycles. The van der Waals surface area contributed by atoms with Crippen LogP contribution < -0.4 is 0 Å². The van der Waals surface area contributed by atoms with E-state index in [1.165, 1.54) is 32.1 Å². The van der Waals surface area contributed by atoms with Crippen molar-refractivity contribution in [2.75, 3.05) is 0 Å². The van der Waals surface area contributed by atoms with Crippen molar-refractivity contribution < 1.29 is 9.53 Å². The van der Waals surface area contributed by atoms with Crippen molar-refractivity contribution >= 4 is 12.0 Å². The zero-order valence-electron chi connectivity index (χ0n) is 13.3. The Labute approximate surface area is 132 Å². The van der Waals surface area contributed by atoms with Crippen molar-refractivity contribution in [2.45, 2.75) is 44.6 Å². The van der Waals surface area contributed by atoms with Crippen LogP contribution in [0.3, 0.4) is 0 Å². The Morgan fingerprint density at radius 1 is 1.18 bits per heavy atom. The van der Waals surface area contributed by atoms with Crippen molar-refractivity contribution in [2.24, 2.45) is 23.7 Å². The maximum absolute atomic E-state index is 12.7. The average molecular weight is 296 g/mol. The Morgan fingerprint density at radius 3 is 2.41 bits per heavy atom. The maximum Gasteiger partial charge on any atom is 0.338 e. The van der Waals surface area contributed by atoms with Gasteiger partial charge in [0.05, 0.1) is 5.56 Å². The van der Waals surface area contributed by atoms with Gasteiger partial charge in [-0.15, -0.1) is 0 Å². The minimum atomic E-state index is -0.255. The Balaban J connectivity index is 1.57. The summed E-state index contributed by atoms with van der Waals surface area (Å²) in [5, 5.41) is 0. The molecule has 22 heavy (non-hydrogen) atoms. The predicted molar refractivity (Wildman–Crippen MR) is 87.4 cm³/mol. The van der Waals surface area contributed by atoms with Crippen LogP contribution in [0.5, 0.6) is 0 Å². The monoisotopic (exact) mass is 296 g/mol. The highest BCUT2D eigenvalue weighted by molar-refractivity contribution is 5.90. The van der Waals surface area contributed by atoms with E-state index in [-0.39, 0.29) is 11.6 Å². The van der Waals surface area contributed by atoms with E-state index >= 15 is 0 Å². The molecular formula is C20H24O2. The van der Waals surface area contributed by atoms with Gasteiger partial charge in [0.1, 0.15) is 5.60 Å². The van der Waals surface area contributed by atoms with Gasteiger partial charge in [-0.05, 0) is 80.4 Å². The second kappa shape index (κ2) is 4.97. The summed E-state index contributed by atoms with van der Waals surface area (Å²) < 4.78 is 6.13. The first-order valence-electron chi connectivity index (χ1n) is 8.54. The van der Waals surface area contributed by atoms with Crippen LogP contribution in [0.25, 0.3) is 6.08 Å². The molecule has 4 saturated carbocycles. The molecule has 4 aliphatic rings. The van der Waals surface area contributed by atoms with Gasteiger partial charge < -0.3 is 4.74 Å². The number of hydrogen-bond acceptors (Lipinski definition) is 2. The minimum absolute atomic E-state index is 0.168. The van der Waals surface area contributed by atoms with E-state index in [2.05, 4.69) is 13.5 Å². The summed E-state index contributed by atoms with van der Waals surface area (Å²) in [6, 6.07) is 7.56. The van der Waals surface area contributed by atoms with Gasteiger partial charge in [-0.25, -0.2) is 4.79 Å². The molecule has 0 aromatic heterocycles. The molecule has 1 aromatic rings. The van der Waals surface area contributed by atoms with Gasteiger partial charge in [0.2, 0.25) is 0 Å². The largest absolute Gasteiger partial charge is 0.455 e. The molecule has 1 aromatic carbocycles. The summed E-state index contributed by atoms with van der Waals surface area (Å²) in [6.45, 7) is 5.96. The number of carbonyl (C=O) groups excluding carboxylic acids is 1. The molecule has 0 amide bonds. The van der Waals surface area contributed by atoms with E-state index in [4.69, 9.17) is 4.74 Å². The third-order valence-corrected chi connectivity index (χ3v) is 6.43. The fourth-order valence-electron chi connectivity index (χ4n) is 5.34. The van der Waals surface area contributed by atoms with Gasteiger partial charge in [-0.2, -0.15) is 0 Å². The molecular weight excluding hydrogens is 272 g/mol.